The van der Waals surface area contributed by atoms with Gasteiger partial charge in [-0.1, -0.05) is 0 Å². The van der Waals surface area contributed by atoms with Crippen LogP contribution >= 0.6 is 15.9 Å². The molecule has 1 aliphatic rings. The maximum Gasteiger partial charge on any atom is 0.146 e. The summed E-state index contributed by atoms with van der Waals surface area (Å²) in [6.07, 6.45) is 2.52. The SMILES string of the molecule is Cc1cc(COc2ccc(F)cc2Br)oc1CNC1CC1. The van der Waals surface area contributed by atoms with Gasteiger partial charge in [-0.2, -0.15) is 0 Å². The summed E-state index contributed by atoms with van der Waals surface area (Å²) in [5.41, 5.74) is 1.12. The number of ether oxygens (including phenoxy) is 1. The van der Waals surface area contributed by atoms with Gasteiger partial charge in [-0.15, -0.1) is 0 Å². The monoisotopic (exact) mass is 353 g/mol. The Labute approximate surface area is 131 Å². The van der Waals surface area contributed by atoms with Gasteiger partial charge in [0, 0.05) is 6.04 Å². The van der Waals surface area contributed by atoms with E-state index in [1.165, 1.54) is 25.0 Å². The van der Waals surface area contributed by atoms with Gasteiger partial charge in [-0.25, -0.2) is 4.39 Å². The molecule has 0 aliphatic heterocycles. The van der Waals surface area contributed by atoms with Gasteiger partial charge in [0.2, 0.25) is 0 Å². The highest BCUT2D eigenvalue weighted by Crippen LogP contribution is 2.27. The molecule has 2 aromatic rings. The predicted octanol–water partition coefficient (Wildman–Crippen LogP) is 4.32. The third-order valence-electron chi connectivity index (χ3n) is 3.46. The van der Waals surface area contributed by atoms with Crippen LogP contribution in [0.3, 0.4) is 0 Å². The molecule has 1 saturated carbocycles. The lowest BCUT2D eigenvalue weighted by Crippen LogP contribution is -2.15. The quantitative estimate of drug-likeness (QED) is 0.839. The molecule has 0 atom stereocenters. The Morgan fingerprint density at radius 2 is 2.19 bits per heavy atom. The zero-order valence-electron chi connectivity index (χ0n) is 11.8. The molecule has 1 fully saturated rings. The van der Waals surface area contributed by atoms with Gasteiger partial charge in [-0.05, 0) is 65.5 Å². The lowest BCUT2D eigenvalue weighted by Gasteiger charge is -2.06. The lowest BCUT2D eigenvalue weighted by atomic mass is 10.2. The highest BCUT2D eigenvalue weighted by atomic mass is 79.9. The van der Waals surface area contributed by atoms with Gasteiger partial charge in [-0.3, -0.25) is 0 Å². The van der Waals surface area contributed by atoms with Gasteiger partial charge in [0.15, 0.2) is 0 Å². The fourth-order valence-corrected chi connectivity index (χ4v) is 2.57. The van der Waals surface area contributed by atoms with Crippen LogP contribution in [0.15, 0.2) is 33.2 Å². The Hall–Kier alpha value is -1.33. The molecule has 1 aliphatic carbocycles. The highest BCUT2D eigenvalue weighted by molar-refractivity contribution is 9.10. The second-order valence-corrected chi connectivity index (χ2v) is 6.19. The molecule has 3 rings (SSSR count). The second-order valence-electron chi connectivity index (χ2n) is 5.34. The number of halogens is 2. The van der Waals surface area contributed by atoms with E-state index in [-0.39, 0.29) is 5.82 Å². The number of benzene rings is 1. The van der Waals surface area contributed by atoms with Crippen LogP contribution in [0.25, 0.3) is 0 Å². The topological polar surface area (TPSA) is 34.4 Å². The number of nitrogens with one attached hydrogen (secondary N) is 1. The average molecular weight is 354 g/mol. The Bertz CT molecular complexity index is 637. The van der Waals surface area contributed by atoms with E-state index in [1.807, 2.05) is 13.0 Å². The van der Waals surface area contributed by atoms with E-state index >= 15 is 0 Å². The number of furan rings is 1. The Morgan fingerprint density at radius 3 is 2.90 bits per heavy atom. The summed E-state index contributed by atoms with van der Waals surface area (Å²) in [6.45, 7) is 3.12. The van der Waals surface area contributed by atoms with E-state index in [0.29, 0.717) is 22.9 Å². The molecule has 1 heterocycles. The molecular weight excluding hydrogens is 337 g/mol. The van der Waals surface area contributed by atoms with Gasteiger partial charge in [0.05, 0.1) is 11.0 Å². The van der Waals surface area contributed by atoms with Crippen LogP contribution in [-0.2, 0) is 13.2 Å². The first kappa shape index (κ1) is 14.6. The third-order valence-corrected chi connectivity index (χ3v) is 4.08. The summed E-state index contributed by atoms with van der Waals surface area (Å²) in [7, 11) is 0. The first-order valence-corrected chi connectivity index (χ1v) is 7.80. The molecule has 0 saturated heterocycles. The van der Waals surface area contributed by atoms with Crippen LogP contribution in [0.2, 0.25) is 0 Å². The van der Waals surface area contributed by atoms with Crippen molar-refractivity contribution in [2.45, 2.75) is 39.0 Å². The number of hydrogen-bond acceptors (Lipinski definition) is 3. The summed E-state index contributed by atoms with van der Waals surface area (Å²) in [5, 5.41) is 3.43. The molecule has 0 spiro atoms. The maximum atomic E-state index is 13.0. The van der Waals surface area contributed by atoms with Crippen molar-refractivity contribution in [3.05, 3.63) is 51.6 Å². The smallest absolute Gasteiger partial charge is 0.146 e. The van der Waals surface area contributed by atoms with Crippen molar-refractivity contribution in [3.8, 4) is 5.75 Å². The minimum absolute atomic E-state index is 0.295. The summed E-state index contributed by atoms with van der Waals surface area (Å²) in [4.78, 5) is 0. The summed E-state index contributed by atoms with van der Waals surface area (Å²) in [5.74, 6) is 2.04. The van der Waals surface area contributed by atoms with E-state index in [2.05, 4.69) is 21.2 Å². The summed E-state index contributed by atoms with van der Waals surface area (Å²) < 4.78 is 25.1. The van der Waals surface area contributed by atoms with Crippen LogP contribution in [0.5, 0.6) is 5.75 Å². The predicted molar refractivity (Wildman–Crippen MR) is 81.7 cm³/mol. The van der Waals surface area contributed by atoms with Crippen molar-refractivity contribution in [1.29, 1.82) is 0 Å². The third kappa shape index (κ3) is 3.86. The zero-order valence-corrected chi connectivity index (χ0v) is 13.4. The number of hydrogen-bond donors (Lipinski definition) is 1. The standard InChI is InChI=1S/C16H17BrFNO2/c1-10-6-13(21-16(10)8-19-12-3-4-12)9-20-15-5-2-11(18)7-14(15)17/h2,5-7,12,19H,3-4,8-9H2,1H3. The van der Waals surface area contributed by atoms with E-state index in [1.54, 1.807) is 6.07 Å². The highest BCUT2D eigenvalue weighted by Gasteiger charge is 2.21. The first-order chi connectivity index (χ1) is 10.1. The van der Waals surface area contributed by atoms with Crippen LogP contribution in [0.4, 0.5) is 4.39 Å². The van der Waals surface area contributed by atoms with Crippen LogP contribution in [0.1, 0.15) is 29.9 Å². The molecule has 1 aromatic heterocycles. The van der Waals surface area contributed by atoms with Crippen molar-refractivity contribution in [1.82, 2.24) is 5.32 Å². The molecule has 0 unspecified atom stereocenters. The Balaban J connectivity index is 1.60. The zero-order chi connectivity index (χ0) is 14.8. The van der Waals surface area contributed by atoms with Gasteiger partial charge in [0.1, 0.15) is 29.7 Å². The minimum Gasteiger partial charge on any atom is -0.484 e. The van der Waals surface area contributed by atoms with Crippen LogP contribution < -0.4 is 10.1 Å². The molecule has 1 N–H and O–H groups in total. The first-order valence-electron chi connectivity index (χ1n) is 7.01. The van der Waals surface area contributed by atoms with Gasteiger partial charge >= 0.3 is 0 Å². The maximum absolute atomic E-state index is 13.0. The number of rotatable bonds is 6. The van der Waals surface area contributed by atoms with Gasteiger partial charge in [0.25, 0.3) is 0 Å². The fraction of sp³-hybridized carbons (Fsp3) is 0.375. The minimum atomic E-state index is -0.295. The average Bonchev–Trinajstić information content (AvgIpc) is 3.20. The molecule has 21 heavy (non-hydrogen) atoms. The molecule has 0 amide bonds. The van der Waals surface area contributed by atoms with Crippen molar-refractivity contribution in [2.75, 3.05) is 0 Å². The van der Waals surface area contributed by atoms with Crippen LogP contribution in [0, 0.1) is 12.7 Å². The molecule has 1 aromatic carbocycles. The fourth-order valence-electron chi connectivity index (χ4n) is 2.10. The molecular formula is C16H17BrFNO2. The molecule has 0 bridgehead atoms. The van der Waals surface area contributed by atoms with Crippen molar-refractivity contribution in [2.24, 2.45) is 0 Å². The van der Waals surface area contributed by atoms with Gasteiger partial charge < -0.3 is 14.5 Å². The lowest BCUT2D eigenvalue weighted by molar-refractivity contribution is 0.263. The Kier molecular flexibility index (Phi) is 4.31. The molecule has 3 nitrogen and oxygen atoms in total. The molecule has 112 valence electrons. The summed E-state index contributed by atoms with van der Waals surface area (Å²) in [6, 6.07) is 7.00. The largest absolute Gasteiger partial charge is 0.484 e. The normalized spacial score (nSPS) is 14.4. The molecule has 5 heteroatoms. The van der Waals surface area contributed by atoms with Crippen LogP contribution in [-0.4, -0.2) is 6.04 Å². The number of aryl methyl sites for hydroxylation is 1. The van der Waals surface area contributed by atoms with E-state index in [0.717, 1.165) is 23.6 Å². The molecule has 0 radical (unpaired) electrons. The van der Waals surface area contributed by atoms with Crippen molar-refractivity contribution < 1.29 is 13.5 Å². The van der Waals surface area contributed by atoms with E-state index < -0.39 is 0 Å². The van der Waals surface area contributed by atoms with Crippen molar-refractivity contribution in [3.63, 3.8) is 0 Å². The second kappa shape index (κ2) is 6.20. The summed E-state index contributed by atoms with van der Waals surface area (Å²) >= 11 is 3.28. The van der Waals surface area contributed by atoms with E-state index in [4.69, 9.17) is 9.15 Å². The van der Waals surface area contributed by atoms with E-state index in [9.17, 15) is 4.39 Å². The van der Waals surface area contributed by atoms with Crippen molar-refractivity contribution >= 4 is 15.9 Å². The Morgan fingerprint density at radius 1 is 1.38 bits per heavy atom.